The topological polar surface area (TPSA) is 55.6 Å². The molecule has 0 amide bonds. The molecule has 0 spiro atoms. The molecule has 1 saturated heterocycles. The zero-order chi connectivity index (χ0) is 11.5. The third-order valence-corrected chi connectivity index (χ3v) is 3.15. The normalized spacial score (nSPS) is 19.6. The molecule has 1 N–H and O–H groups in total. The molecule has 0 bridgehead atoms. The van der Waals surface area contributed by atoms with Gasteiger partial charge in [0, 0.05) is 24.9 Å². The van der Waals surface area contributed by atoms with E-state index >= 15 is 0 Å². The second-order valence-electron chi connectivity index (χ2n) is 4.37. The van der Waals surface area contributed by atoms with Crippen LogP contribution in [0.1, 0.15) is 23.7 Å². The first-order valence-electron chi connectivity index (χ1n) is 5.91. The van der Waals surface area contributed by atoms with Crippen molar-refractivity contribution in [2.45, 2.75) is 18.9 Å². The van der Waals surface area contributed by atoms with Gasteiger partial charge in [0.2, 0.25) is 0 Å². The monoisotopic (exact) mass is 229 g/mol. The number of hydrogen-bond acceptors (Lipinski definition) is 4. The van der Waals surface area contributed by atoms with Crippen LogP contribution in [0.3, 0.4) is 0 Å². The fraction of sp³-hybridized carbons (Fsp3) is 0.417. The average Bonchev–Trinajstić information content (AvgIpc) is 3.00. The van der Waals surface area contributed by atoms with Gasteiger partial charge in [-0.25, -0.2) is 0 Å². The molecule has 2 aromatic rings. The number of pyridine rings is 1. The van der Waals surface area contributed by atoms with Gasteiger partial charge in [-0.1, -0.05) is 6.07 Å². The lowest BCUT2D eigenvalue weighted by Gasteiger charge is -2.10. The first kappa shape index (κ1) is 10.4. The number of hydrogen-bond donors (Lipinski definition) is 1. The summed E-state index contributed by atoms with van der Waals surface area (Å²) in [4.78, 5) is 4.13. The molecular formula is C12H15N5. The van der Waals surface area contributed by atoms with Crippen LogP contribution < -0.4 is 5.32 Å². The molecule has 3 rings (SSSR count). The first-order valence-corrected chi connectivity index (χ1v) is 5.91. The van der Waals surface area contributed by atoms with Crippen LogP contribution in [0.15, 0.2) is 30.9 Å². The zero-order valence-corrected chi connectivity index (χ0v) is 9.58. The van der Waals surface area contributed by atoms with Crippen molar-refractivity contribution in [3.63, 3.8) is 0 Å². The molecule has 0 aliphatic carbocycles. The summed E-state index contributed by atoms with van der Waals surface area (Å²) in [6, 6.07) is 4.03. The van der Waals surface area contributed by atoms with Crippen molar-refractivity contribution in [2.75, 3.05) is 13.1 Å². The molecule has 1 fully saturated rings. The lowest BCUT2D eigenvalue weighted by atomic mass is 10.1. The standard InChI is InChI=1S/C12H15N5/c1-2-10(6-13-4-1)8-17-9-15-16-12(17)11-3-5-14-7-11/h1-2,4,6,9,11,14H,3,5,7-8H2. The Labute approximate surface area is 99.9 Å². The minimum Gasteiger partial charge on any atom is -0.316 e. The van der Waals surface area contributed by atoms with Crippen LogP contribution >= 0.6 is 0 Å². The molecular weight excluding hydrogens is 214 g/mol. The highest BCUT2D eigenvalue weighted by atomic mass is 15.3. The van der Waals surface area contributed by atoms with Gasteiger partial charge in [0.1, 0.15) is 12.2 Å². The molecule has 3 heterocycles. The average molecular weight is 229 g/mol. The summed E-state index contributed by atoms with van der Waals surface area (Å²) in [7, 11) is 0. The molecule has 1 aliphatic rings. The Bertz CT molecular complexity index is 473. The smallest absolute Gasteiger partial charge is 0.137 e. The van der Waals surface area contributed by atoms with Crippen molar-refractivity contribution in [3.05, 3.63) is 42.2 Å². The molecule has 88 valence electrons. The van der Waals surface area contributed by atoms with Gasteiger partial charge in [-0.15, -0.1) is 10.2 Å². The fourth-order valence-corrected chi connectivity index (χ4v) is 2.27. The summed E-state index contributed by atoms with van der Waals surface area (Å²) in [5.74, 6) is 1.58. The third-order valence-electron chi connectivity index (χ3n) is 3.15. The van der Waals surface area contributed by atoms with E-state index in [1.165, 1.54) is 5.56 Å². The van der Waals surface area contributed by atoms with Crippen LogP contribution in [-0.4, -0.2) is 32.8 Å². The summed E-state index contributed by atoms with van der Waals surface area (Å²) in [5, 5.41) is 11.6. The maximum absolute atomic E-state index is 4.25. The number of rotatable bonds is 3. The highest BCUT2D eigenvalue weighted by molar-refractivity contribution is 5.11. The van der Waals surface area contributed by atoms with Gasteiger partial charge < -0.3 is 9.88 Å². The van der Waals surface area contributed by atoms with Gasteiger partial charge in [0.25, 0.3) is 0 Å². The van der Waals surface area contributed by atoms with E-state index in [0.29, 0.717) is 5.92 Å². The Morgan fingerprint density at radius 3 is 3.24 bits per heavy atom. The van der Waals surface area contributed by atoms with Gasteiger partial charge in [-0.05, 0) is 24.6 Å². The van der Waals surface area contributed by atoms with Gasteiger partial charge in [-0.2, -0.15) is 0 Å². The van der Waals surface area contributed by atoms with Crippen LogP contribution in [0.25, 0.3) is 0 Å². The molecule has 1 unspecified atom stereocenters. The van der Waals surface area contributed by atoms with Crippen LogP contribution in [-0.2, 0) is 6.54 Å². The Hall–Kier alpha value is -1.75. The van der Waals surface area contributed by atoms with Gasteiger partial charge in [0.05, 0.1) is 6.54 Å². The van der Waals surface area contributed by atoms with Crippen LogP contribution in [0, 0.1) is 0 Å². The number of nitrogens with zero attached hydrogens (tertiary/aromatic N) is 4. The van der Waals surface area contributed by atoms with E-state index in [1.807, 2.05) is 12.3 Å². The largest absolute Gasteiger partial charge is 0.316 e. The second kappa shape index (κ2) is 4.63. The minimum absolute atomic E-state index is 0.495. The van der Waals surface area contributed by atoms with E-state index in [2.05, 4.69) is 31.1 Å². The van der Waals surface area contributed by atoms with Crippen LogP contribution in [0.4, 0.5) is 0 Å². The van der Waals surface area contributed by atoms with Crippen LogP contribution in [0.2, 0.25) is 0 Å². The SMILES string of the molecule is c1cncc(Cn2cnnc2C2CCNC2)c1. The molecule has 0 radical (unpaired) electrons. The Balaban J connectivity index is 1.81. The lowest BCUT2D eigenvalue weighted by Crippen LogP contribution is -2.13. The molecule has 2 aromatic heterocycles. The zero-order valence-electron chi connectivity index (χ0n) is 9.58. The third kappa shape index (κ3) is 2.19. The molecule has 5 nitrogen and oxygen atoms in total. The van der Waals surface area contributed by atoms with Crippen molar-refractivity contribution in [1.29, 1.82) is 0 Å². The highest BCUT2D eigenvalue weighted by Crippen LogP contribution is 2.20. The molecule has 1 atom stereocenters. The number of aromatic nitrogens is 4. The molecule has 0 aromatic carbocycles. The van der Waals surface area contributed by atoms with Crippen LogP contribution in [0.5, 0.6) is 0 Å². The van der Waals surface area contributed by atoms with E-state index < -0.39 is 0 Å². The summed E-state index contributed by atoms with van der Waals surface area (Å²) in [6.07, 6.45) is 6.63. The highest BCUT2D eigenvalue weighted by Gasteiger charge is 2.21. The van der Waals surface area contributed by atoms with E-state index in [1.54, 1.807) is 12.5 Å². The fourth-order valence-electron chi connectivity index (χ4n) is 2.27. The summed E-state index contributed by atoms with van der Waals surface area (Å²) < 4.78 is 2.12. The first-order chi connectivity index (χ1) is 8.43. The Kier molecular flexibility index (Phi) is 2.83. The molecule has 0 saturated carbocycles. The quantitative estimate of drug-likeness (QED) is 0.845. The van der Waals surface area contributed by atoms with Crippen molar-refractivity contribution in [1.82, 2.24) is 25.1 Å². The van der Waals surface area contributed by atoms with E-state index in [-0.39, 0.29) is 0 Å². The lowest BCUT2D eigenvalue weighted by molar-refractivity contribution is 0.631. The Morgan fingerprint density at radius 1 is 1.47 bits per heavy atom. The van der Waals surface area contributed by atoms with Crippen molar-refractivity contribution >= 4 is 0 Å². The molecule has 17 heavy (non-hydrogen) atoms. The van der Waals surface area contributed by atoms with E-state index in [9.17, 15) is 0 Å². The maximum Gasteiger partial charge on any atom is 0.137 e. The summed E-state index contributed by atoms with van der Waals surface area (Å²) >= 11 is 0. The van der Waals surface area contributed by atoms with Gasteiger partial charge >= 0.3 is 0 Å². The Morgan fingerprint density at radius 2 is 2.47 bits per heavy atom. The van der Waals surface area contributed by atoms with Crippen molar-refractivity contribution < 1.29 is 0 Å². The van der Waals surface area contributed by atoms with Gasteiger partial charge in [0.15, 0.2) is 0 Å². The maximum atomic E-state index is 4.25. The summed E-state index contributed by atoms with van der Waals surface area (Å²) in [5.41, 5.74) is 1.18. The predicted molar refractivity (Wildman–Crippen MR) is 63.6 cm³/mol. The van der Waals surface area contributed by atoms with E-state index in [4.69, 9.17) is 0 Å². The van der Waals surface area contributed by atoms with E-state index in [0.717, 1.165) is 31.9 Å². The van der Waals surface area contributed by atoms with Crippen molar-refractivity contribution in [3.8, 4) is 0 Å². The predicted octanol–water partition coefficient (Wildman–Crippen LogP) is 0.798. The summed E-state index contributed by atoms with van der Waals surface area (Å²) in [6.45, 7) is 2.88. The van der Waals surface area contributed by atoms with Gasteiger partial charge in [-0.3, -0.25) is 4.98 Å². The number of nitrogens with one attached hydrogen (secondary N) is 1. The molecule has 1 aliphatic heterocycles. The van der Waals surface area contributed by atoms with Crippen molar-refractivity contribution in [2.24, 2.45) is 0 Å². The minimum atomic E-state index is 0.495. The molecule has 5 heteroatoms. The second-order valence-corrected chi connectivity index (χ2v) is 4.37.